The van der Waals surface area contributed by atoms with Gasteiger partial charge in [-0.05, 0) is 17.9 Å². The van der Waals surface area contributed by atoms with E-state index in [1.807, 2.05) is 36.6 Å². The number of nitrogens with two attached hydrogens (primary N) is 2. The highest BCUT2D eigenvalue weighted by molar-refractivity contribution is 5.89. The van der Waals surface area contributed by atoms with Crippen LogP contribution < -0.4 is 11.5 Å². The number of hydrogen-bond acceptors (Lipinski definition) is 4. The van der Waals surface area contributed by atoms with Crippen LogP contribution in [0.15, 0.2) is 30.3 Å². The van der Waals surface area contributed by atoms with Gasteiger partial charge in [0, 0.05) is 13.0 Å². The van der Waals surface area contributed by atoms with Crippen molar-refractivity contribution in [2.75, 3.05) is 6.54 Å². The van der Waals surface area contributed by atoms with Gasteiger partial charge < -0.3 is 16.4 Å². The molecule has 0 aliphatic heterocycles. The fourth-order valence-corrected chi connectivity index (χ4v) is 3.14. The van der Waals surface area contributed by atoms with Crippen LogP contribution in [0.1, 0.15) is 51.5 Å². The molecule has 0 aliphatic carbocycles. The highest BCUT2D eigenvalue weighted by Crippen LogP contribution is 2.18. The third-order valence-electron chi connectivity index (χ3n) is 4.80. The zero-order valence-electron chi connectivity index (χ0n) is 16.4. The molecule has 0 heterocycles. The van der Waals surface area contributed by atoms with Gasteiger partial charge in [0.1, 0.15) is 6.04 Å². The lowest BCUT2D eigenvalue weighted by molar-refractivity contribution is -0.136. The summed E-state index contributed by atoms with van der Waals surface area (Å²) in [6, 6.07) is 7.70. The number of unbranched alkanes of at least 4 members (excludes halogenated alkanes) is 1. The summed E-state index contributed by atoms with van der Waals surface area (Å²) >= 11 is 0. The molecule has 6 heteroatoms. The van der Waals surface area contributed by atoms with Crippen molar-refractivity contribution in [1.29, 1.82) is 0 Å². The van der Waals surface area contributed by atoms with Crippen LogP contribution in [0.5, 0.6) is 0 Å². The van der Waals surface area contributed by atoms with E-state index in [1.165, 1.54) is 4.90 Å². The van der Waals surface area contributed by atoms with Crippen molar-refractivity contribution in [3.8, 4) is 0 Å². The molecule has 1 aromatic rings. The molecule has 149 valence electrons. The van der Waals surface area contributed by atoms with Gasteiger partial charge in [-0.25, -0.2) is 0 Å². The molecule has 0 aromatic heterocycles. The molecule has 27 heavy (non-hydrogen) atoms. The Kier molecular flexibility index (Phi) is 10.3. The van der Waals surface area contributed by atoms with Crippen molar-refractivity contribution in [2.45, 2.75) is 64.5 Å². The molecule has 4 N–H and O–H groups in total. The summed E-state index contributed by atoms with van der Waals surface area (Å²) in [7, 11) is 0. The first-order valence-corrected chi connectivity index (χ1v) is 9.68. The van der Waals surface area contributed by atoms with E-state index in [4.69, 9.17) is 11.5 Å². The Bertz CT molecular complexity index is 592. The number of amides is 2. The van der Waals surface area contributed by atoms with Gasteiger partial charge in [-0.1, -0.05) is 63.4 Å². The van der Waals surface area contributed by atoms with Crippen LogP contribution in [0.4, 0.5) is 0 Å². The maximum atomic E-state index is 12.9. The summed E-state index contributed by atoms with van der Waals surface area (Å²) in [5.74, 6) is -0.794. The average molecular weight is 375 g/mol. The zero-order chi connectivity index (χ0) is 20.2. The van der Waals surface area contributed by atoms with Gasteiger partial charge in [-0.15, -0.1) is 0 Å². The molecular formula is C21H32N3O3. The van der Waals surface area contributed by atoms with Crippen molar-refractivity contribution >= 4 is 18.1 Å². The Hall–Kier alpha value is -2.21. The first-order valence-electron chi connectivity index (χ1n) is 9.68. The van der Waals surface area contributed by atoms with E-state index in [2.05, 4.69) is 13.8 Å². The number of carbonyl (C=O) groups is 2. The molecule has 0 aliphatic rings. The van der Waals surface area contributed by atoms with E-state index < -0.39 is 23.9 Å². The number of benzene rings is 1. The van der Waals surface area contributed by atoms with Crippen LogP contribution in [-0.2, 0) is 20.8 Å². The Labute approximate surface area is 162 Å². The van der Waals surface area contributed by atoms with Crippen LogP contribution in [0.25, 0.3) is 0 Å². The highest BCUT2D eigenvalue weighted by Gasteiger charge is 2.30. The monoisotopic (exact) mass is 374 g/mol. The summed E-state index contributed by atoms with van der Waals surface area (Å²) < 4.78 is 0. The Morgan fingerprint density at radius 3 is 2.37 bits per heavy atom. The quantitative estimate of drug-likeness (QED) is 0.550. The third kappa shape index (κ3) is 7.91. The average Bonchev–Trinajstić information content (AvgIpc) is 2.66. The largest absolute Gasteiger partial charge is 0.370 e. The lowest BCUT2D eigenvalue weighted by Gasteiger charge is -2.33. The maximum absolute atomic E-state index is 12.9. The summed E-state index contributed by atoms with van der Waals surface area (Å²) in [4.78, 5) is 37.3. The highest BCUT2D eigenvalue weighted by atomic mass is 16.2. The summed E-state index contributed by atoms with van der Waals surface area (Å²) in [5, 5.41) is 0. The molecule has 1 rings (SSSR count). The second-order valence-corrected chi connectivity index (χ2v) is 7.01. The number of primary amides is 1. The summed E-state index contributed by atoms with van der Waals surface area (Å²) in [6.07, 6.45) is 6.13. The molecule has 0 fully saturated rings. The smallest absolute Gasteiger partial charge is 0.240 e. The van der Waals surface area contributed by atoms with Crippen LogP contribution in [0, 0.1) is 5.92 Å². The second-order valence-electron chi connectivity index (χ2n) is 7.01. The van der Waals surface area contributed by atoms with Crippen molar-refractivity contribution in [2.24, 2.45) is 17.4 Å². The maximum Gasteiger partial charge on any atom is 0.240 e. The van der Waals surface area contributed by atoms with Crippen molar-refractivity contribution in [1.82, 2.24) is 4.90 Å². The van der Waals surface area contributed by atoms with Gasteiger partial charge in [-0.3, -0.25) is 14.4 Å². The van der Waals surface area contributed by atoms with E-state index in [9.17, 15) is 14.4 Å². The number of carbonyl (C=O) groups excluding carboxylic acids is 3. The van der Waals surface area contributed by atoms with Crippen molar-refractivity contribution in [3.63, 3.8) is 0 Å². The minimum atomic E-state index is -1.04. The lowest BCUT2D eigenvalue weighted by atomic mass is 9.96. The summed E-state index contributed by atoms with van der Waals surface area (Å²) in [5.41, 5.74) is 12.0. The normalized spacial score (nSPS) is 14.2. The molecule has 0 saturated carbocycles. The molecule has 0 spiro atoms. The Balaban J connectivity index is 3.03. The molecule has 3 atom stereocenters. The van der Waals surface area contributed by atoms with Crippen LogP contribution in [0.3, 0.4) is 0 Å². The van der Waals surface area contributed by atoms with E-state index in [-0.39, 0.29) is 12.3 Å². The van der Waals surface area contributed by atoms with E-state index in [0.717, 1.165) is 31.2 Å². The lowest BCUT2D eigenvalue weighted by Crippen LogP contribution is -2.52. The third-order valence-corrected chi connectivity index (χ3v) is 4.80. The molecule has 0 bridgehead atoms. The minimum Gasteiger partial charge on any atom is -0.370 e. The van der Waals surface area contributed by atoms with E-state index in [0.29, 0.717) is 13.0 Å². The Morgan fingerprint density at radius 1 is 1.19 bits per heavy atom. The van der Waals surface area contributed by atoms with Gasteiger partial charge in [-0.2, -0.15) is 0 Å². The molecule has 2 amide bonds. The van der Waals surface area contributed by atoms with Crippen LogP contribution in [0.2, 0.25) is 0 Å². The SMILES string of the molecule is CCCCC(CC)CN(C(=O)[C@@H](N)CC(N)=O)[C@H]([C]=O)Cc1ccccc1. The van der Waals surface area contributed by atoms with Crippen molar-refractivity contribution in [3.05, 3.63) is 35.9 Å². The Morgan fingerprint density at radius 2 is 1.85 bits per heavy atom. The topological polar surface area (TPSA) is 106 Å². The van der Waals surface area contributed by atoms with Crippen molar-refractivity contribution < 1.29 is 14.4 Å². The molecule has 6 nitrogen and oxygen atoms in total. The molecule has 0 saturated heterocycles. The van der Waals surface area contributed by atoms with Gasteiger partial charge >= 0.3 is 0 Å². The standard InChI is InChI=1S/C21H32N3O3/c1-3-5-9-16(4-2)14-24(21(27)19(22)13-20(23)26)18(15-25)12-17-10-7-6-8-11-17/h6-8,10-11,16,18-19H,3-5,9,12-14,22H2,1-2H3,(H2,23,26)/t16?,18-,19-/m0/s1. The molecular weight excluding hydrogens is 342 g/mol. The number of hydrogen-bond donors (Lipinski definition) is 2. The van der Waals surface area contributed by atoms with E-state index in [1.54, 1.807) is 0 Å². The molecule has 1 radical (unpaired) electrons. The second kappa shape index (κ2) is 12.2. The predicted octanol–water partition coefficient (Wildman–Crippen LogP) is 1.96. The number of rotatable bonds is 13. The van der Waals surface area contributed by atoms with Gasteiger partial charge in [0.05, 0.1) is 12.5 Å². The first-order chi connectivity index (χ1) is 12.9. The summed E-state index contributed by atoms with van der Waals surface area (Å²) in [6.45, 7) is 4.62. The molecule has 1 unspecified atom stereocenters. The van der Waals surface area contributed by atoms with Gasteiger partial charge in [0.2, 0.25) is 18.1 Å². The fraction of sp³-hybridized carbons (Fsp3) is 0.571. The van der Waals surface area contributed by atoms with Crippen LogP contribution >= 0.6 is 0 Å². The first kappa shape index (κ1) is 22.8. The predicted molar refractivity (Wildman–Crippen MR) is 106 cm³/mol. The number of nitrogens with zero attached hydrogens (tertiary/aromatic N) is 1. The molecule has 1 aromatic carbocycles. The van der Waals surface area contributed by atoms with Gasteiger partial charge in [0.15, 0.2) is 0 Å². The van der Waals surface area contributed by atoms with Gasteiger partial charge in [0.25, 0.3) is 0 Å². The zero-order valence-corrected chi connectivity index (χ0v) is 16.4. The van der Waals surface area contributed by atoms with Crippen LogP contribution in [-0.4, -0.2) is 41.6 Å². The van der Waals surface area contributed by atoms with E-state index >= 15 is 0 Å². The fourth-order valence-electron chi connectivity index (χ4n) is 3.14. The minimum absolute atomic E-state index is 0.238.